The second kappa shape index (κ2) is 10.9. The fraction of sp³-hybridized carbons (Fsp3) is 0.467. The number of methoxy groups -OCH3 is 1. The molecule has 1 aromatic rings. The van der Waals surface area contributed by atoms with Crippen LogP contribution >= 0.6 is 11.6 Å². The minimum absolute atomic E-state index is 0.105. The Balaban J connectivity index is 2.25. The number of carbonyl (C=O) groups excluding carboxylic acids is 1. The maximum Gasteiger partial charge on any atom is 0.239 e. The van der Waals surface area contributed by atoms with Crippen LogP contribution < -0.4 is 16.0 Å². The number of nitrogens with zero attached hydrogens (tertiary/aromatic N) is 1. The summed E-state index contributed by atoms with van der Waals surface area (Å²) in [4.78, 5) is 15.6. The average Bonchev–Trinajstić information content (AvgIpc) is 2.52. The van der Waals surface area contributed by atoms with Crippen molar-refractivity contribution in [3.05, 3.63) is 34.9 Å². The molecule has 7 heteroatoms. The predicted octanol–water partition coefficient (Wildman–Crippen LogP) is 0.810. The predicted molar refractivity (Wildman–Crippen MR) is 89.4 cm³/mol. The molecular weight excluding hydrogens is 304 g/mol. The molecule has 1 rings (SSSR count). The highest BCUT2D eigenvalue weighted by molar-refractivity contribution is 6.31. The van der Waals surface area contributed by atoms with Crippen molar-refractivity contribution in [3.8, 4) is 0 Å². The average molecular weight is 327 g/mol. The number of hydrogen-bond acceptors (Lipinski definition) is 3. The number of carbonyl (C=O) groups is 1. The maximum atomic E-state index is 11.5. The van der Waals surface area contributed by atoms with Gasteiger partial charge in [-0.3, -0.25) is 9.79 Å². The van der Waals surface area contributed by atoms with E-state index in [9.17, 15) is 4.79 Å². The third kappa shape index (κ3) is 7.28. The Morgan fingerprint density at radius 1 is 1.23 bits per heavy atom. The van der Waals surface area contributed by atoms with E-state index in [4.69, 9.17) is 16.3 Å². The van der Waals surface area contributed by atoms with Gasteiger partial charge in [-0.25, -0.2) is 0 Å². The van der Waals surface area contributed by atoms with Crippen LogP contribution in [0.1, 0.15) is 5.56 Å². The molecule has 22 heavy (non-hydrogen) atoms. The smallest absolute Gasteiger partial charge is 0.239 e. The van der Waals surface area contributed by atoms with Crippen LogP contribution in [0.3, 0.4) is 0 Å². The topological polar surface area (TPSA) is 74.8 Å². The lowest BCUT2D eigenvalue weighted by molar-refractivity contribution is -0.120. The van der Waals surface area contributed by atoms with Crippen LogP contribution in [0.15, 0.2) is 29.3 Å². The first-order chi connectivity index (χ1) is 10.7. The highest BCUT2D eigenvalue weighted by atomic mass is 35.5. The zero-order valence-electron chi connectivity index (χ0n) is 13.0. The molecule has 0 saturated heterocycles. The molecule has 0 spiro atoms. The Bertz CT molecular complexity index is 494. The zero-order chi connectivity index (χ0) is 16.2. The van der Waals surface area contributed by atoms with Gasteiger partial charge in [-0.2, -0.15) is 0 Å². The zero-order valence-corrected chi connectivity index (χ0v) is 13.7. The molecule has 1 amide bonds. The van der Waals surface area contributed by atoms with Gasteiger partial charge in [0.25, 0.3) is 0 Å². The molecular formula is C15H23ClN4O2. The van der Waals surface area contributed by atoms with Gasteiger partial charge in [0.2, 0.25) is 5.91 Å². The van der Waals surface area contributed by atoms with Gasteiger partial charge < -0.3 is 20.7 Å². The Kier molecular flexibility index (Phi) is 9.02. The van der Waals surface area contributed by atoms with E-state index in [-0.39, 0.29) is 12.5 Å². The van der Waals surface area contributed by atoms with Crippen molar-refractivity contribution in [2.24, 2.45) is 4.99 Å². The summed E-state index contributed by atoms with van der Waals surface area (Å²) in [5.41, 5.74) is 1.07. The van der Waals surface area contributed by atoms with E-state index in [1.54, 1.807) is 14.2 Å². The first kappa shape index (κ1) is 18.3. The Hall–Kier alpha value is -1.79. The number of benzene rings is 1. The second-order valence-electron chi connectivity index (χ2n) is 4.54. The summed E-state index contributed by atoms with van der Waals surface area (Å²) >= 11 is 6.10. The maximum absolute atomic E-state index is 11.5. The molecule has 0 saturated carbocycles. The van der Waals surface area contributed by atoms with Crippen molar-refractivity contribution in [1.29, 1.82) is 0 Å². The fourth-order valence-electron chi connectivity index (χ4n) is 1.76. The van der Waals surface area contributed by atoms with Crippen molar-refractivity contribution in [1.82, 2.24) is 16.0 Å². The monoisotopic (exact) mass is 326 g/mol. The number of ether oxygens (including phenoxy) is 1. The van der Waals surface area contributed by atoms with Gasteiger partial charge in [0.15, 0.2) is 5.96 Å². The lowest BCUT2D eigenvalue weighted by Crippen LogP contribution is -2.44. The second-order valence-corrected chi connectivity index (χ2v) is 4.94. The SMILES string of the molecule is CN=C(NCCc1ccccc1Cl)NCC(=O)NCCOC. The van der Waals surface area contributed by atoms with Gasteiger partial charge in [0.05, 0.1) is 13.2 Å². The van der Waals surface area contributed by atoms with Crippen molar-refractivity contribution in [2.75, 3.05) is 40.4 Å². The molecule has 0 radical (unpaired) electrons. The van der Waals surface area contributed by atoms with Gasteiger partial charge in [-0.15, -0.1) is 0 Å². The molecule has 0 heterocycles. The summed E-state index contributed by atoms with van der Waals surface area (Å²) in [7, 11) is 3.25. The molecule has 3 N–H and O–H groups in total. The van der Waals surface area contributed by atoms with Crippen LogP contribution in [0.4, 0.5) is 0 Å². The molecule has 0 unspecified atom stereocenters. The van der Waals surface area contributed by atoms with Gasteiger partial charge >= 0.3 is 0 Å². The van der Waals surface area contributed by atoms with E-state index in [2.05, 4.69) is 20.9 Å². The molecule has 6 nitrogen and oxygen atoms in total. The largest absolute Gasteiger partial charge is 0.383 e. The minimum Gasteiger partial charge on any atom is -0.383 e. The third-order valence-electron chi connectivity index (χ3n) is 2.91. The quantitative estimate of drug-likeness (QED) is 0.375. The van der Waals surface area contributed by atoms with Crippen molar-refractivity contribution in [2.45, 2.75) is 6.42 Å². The Morgan fingerprint density at radius 3 is 2.68 bits per heavy atom. The number of aliphatic imine (C=N–C) groups is 1. The van der Waals surface area contributed by atoms with Gasteiger partial charge in [0, 0.05) is 32.3 Å². The first-order valence-electron chi connectivity index (χ1n) is 7.11. The molecule has 0 aromatic heterocycles. The van der Waals surface area contributed by atoms with Crippen LogP contribution in [-0.4, -0.2) is 52.3 Å². The third-order valence-corrected chi connectivity index (χ3v) is 3.28. The Morgan fingerprint density at radius 2 is 2.00 bits per heavy atom. The van der Waals surface area contributed by atoms with E-state index in [0.29, 0.717) is 25.7 Å². The van der Waals surface area contributed by atoms with Gasteiger partial charge in [0.1, 0.15) is 0 Å². The molecule has 0 aliphatic heterocycles. The number of hydrogen-bond donors (Lipinski definition) is 3. The summed E-state index contributed by atoms with van der Waals surface area (Å²) < 4.78 is 4.86. The van der Waals surface area contributed by atoms with Gasteiger partial charge in [-0.05, 0) is 18.1 Å². The lowest BCUT2D eigenvalue weighted by Gasteiger charge is -2.12. The van der Waals surface area contributed by atoms with E-state index in [1.165, 1.54) is 0 Å². The van der Waals surface area contributed by atoms with Gasteiger partial charge in [-0.1, -0.05) is 29.8 Å². The van der Waals surface area contributed by atoms with E-state index < -0.39 is 0 Å². The summed E-state index contributed by atoms with van der Waals surface area (Å²) in [5.74, 6) is 0.472. The number of halogens is 1. The van der Waals surface area contributed by atoms with Crippen LogP contribution in [-0.2, 0) is 16.0 Å². The van der Waals surface area contributed by atoms with Crippen molar-refractivity contribution >= 4 is 23.5 Å². The molecule has 122 valence electrons. The molecule has 0 aliphatic carbocycles. The standard InChI is InChI=1S/C15H23ClN4O2/c1-17-15(20-11-14(21)18-9-10-22-2)19-8-7-12-5-3-4-6-13(12)16/h3-6H,7-11H2,1-2H3,(H,18,21)(H2,17,19,20). The number of guanidine groups is 1. The summed E-state index contributed by atoms with van der Waals surface area (Å²) in [6, 6.07) is 7.72. The van der Waals surface area contributed by atoms with E-state index >= 15 is 0 Å². The summed E-state index contributed by atoms with van der Waals surface area (Å²) in [5, 5.41) is 9.57. The molecule has 0 atom stereocenters. The van der Waals surface area contributed by atoms with Crippen LogP contribution in [0.2, 0.25) is 5.02 Å². The van der Waals surface area contributed by atoms with E-state index in [1.807, 2.05) is 24.3 Å². The molecule has 0 bridgehead atoms. The van der Waals surface area contributed by atoms with Crippen LogP contribution in [0.25, 0.3) is 0 Å². The fourth-order valence-corrected chi connectivity index (χ4v) is 1.99. The number of nitrogens with one attached hydrogen (secondary N) is 3. The Labute approximate surface area is 136 Å². The van der Waals surface area contributed by atoms with Crippen molar-refractivity contribution in [3.63, 3.8) is 0 Å². The van der Waals surface area contributed by atoms with Crippen molar-refractivity contribution < 1.29 is 9.53 Å². The molecule has 0 fully saturated rings. The van der Waals surface area contributed by atoms with Crippen LogP contribution in [0, 0.1) is 0 Å². The molecule has 0 aliphatic rings. The normalized spacial score (nSPS) is 11.1. The summed E-state index contributed by atoms with van der Waals surface area (Å²) in [6.07, 6.45) is 0.778. The minimum atomic E-state index is -0.105. The number of rotatable bonds is 8. The highest BCUT2D eigenvalue weighted by Crippen LogP contribution is 2.14. The van der Waals surface area contributed by atoms with E-state index in [0.717, 1.165) is 17.0 Å². The lowest BCUT2D eigenvalue weighted by atomic mass is 10.1. The first-order valence-corrected chi connectivity index (χ1v) is 7.48. The highest BCUT2D eigenvalue weighted by Gasteiger charge is 2.03. The van der Waals surface area contributed by atoms with Crippen LogP contribution in [0.5, 0.6) is 0 Å². The molecule has 1 aromatic carbocycles. The summed E-state index contributed by atoms with van der Waals surface area (Å²) in [6.45, 7) is 1.83. The number of amides is 1.